The second-order valence-electron chi connectivity index (χ2n) is 13.3. The van der Waals surface area contributed by atoms with Crippen molar-refractivity contribution in [3.8, 4) is 17.6 Å². The first-order valence-electron chi connectivity index (χ1n) is 16.1. The molecule has 0 unspecified atom stereocenters. The summed E-state index contributed by atoms with van der Waals surface area (Å²) in [6, 6.07) is 2.94. The van der Waals surface area contributed by atoms with E-state index in [2.05, 4.69) is 34.5 Å². The predicted molar refractivity (Wildman–Crippen MR) is 169 cm³/mol. The highest BCUT2D eigenvalue weighted by Gasteiger charge is 2.49. The van der Waals surface area contributed by atoms with Crippen LogP contribution >= 0.6 is 11.3 Å². The number of nitrogen functional groups attached to an aromatic ring is 1. The molecule has 6 heterocycles. The molecule has 11 nitrogen and oxygen atoms in total. The number of aliphatic hydroxyl groups is 1. The number of anilines is 2. The lowest BCUT2D eigenvalue weighted by atomic mass is 9.63. The summed E-state index contributed by atoms with van der Waals surface area (Å²) in [7, 11) is 2.19. The van der Waals surface area contributed by atoms with Gasteiger partial charge < -0.3 is 25.2 Å². The first-order chi connectivity index (χ1) is 21.4. The molecule has 4 aromatic heterocycles. The Hall–Kier alpha value is -3.53. The molecule has 0 aromatic carbocycles. The second-order valence-corrected chi connectivity index (χ2v) is 14.4. The number of likely N-dealkylation sites (tertiary alicyclic amines) is 1. The quantitative estimate of drug-likeness (QED) is 0.331. The zero-order chi connectivity index (χ0) is 30.2. The Morgan fingerprint density at radius 2 is 2.05 bits per heavy atom. The van der Waals surface area contributed by atoms with E-state index in [1.165, 1.54) is 11.3 Å². The number of hydrogen-bond acceptors (Lipinski definition) is 11. The molecule has 2 saturated heterocycles. The highest BCUT2D eigenvalue weighted by Crippen LogP contribution is 2.55. The van der Waals surface area contributed by atoms with E-state index in [0.29, 0.717) is 28.1 Å². The van der Waals surface area contributed by atoms with Gasteiger partial charge in [0.1, 0.15) is 16.9 Å². The van der Waals surface area contributed by atoms with Crippen LogP contribution in [-0.2, 0) is 18.3 Å². The molecule has 0 saturated carbocycles. The van der Waals surface area contributed by atoms with Gasteiger partial charge in [0.15, 0.2) is 22.9 Å². The Morgan fingerprint density at radius 3 is 2.80 bits per heavy atom. The van der Waals surface area contributed by atoms with Gasteiger partial charge in [-0.25, -0.2) is 14.6 Å². The SMILES string of the molecule is C[C@@H]([C@@H]1CCCN1C)n1ncc2c(N3CC[C@@H](CO)C3)nc(-c3noc4c3CCC[C@@]43CCCc4sc(N)c(C#N)c43)nc21. The third-order valence-corrected chi connectivity index (χ3v) is 11.9. The summed E-state index contributed by atoms with van der Waals surface area (Å²) in [5, 5.41) is 31.1. The fourth-order valence-corrected chi connectivity index (χ4v) is 9.82. The van der Waals surface area contributed by atoms with Gasteiger partial charge in [-0.3, -0.25) is 0 Å². The van der Waals surface area contributed by atoms with Gasteiger partial charge in [-0.15, -0.1) is 11.3 Å². The maximum absolute atomic E-state index is 10.1. The van der Waals surface area contributed by atoms with Crippen molar-refractivity contribution in [3.63, 3.8) is 0 Å². The normalized spacial score (nSPS) is 25.9. The molecule has 4 atom stereocenters. The van der Waals surface area contributed by atoms with Crippen molar-refractivity contribution >= 4 is 33.2 Å². The van der Waals surface area contributed by atoms with Crippen LogP contribution in [0.2, 0.25) is 0 Å². The van der Waals surface area contributed by atoms with Crippen LogP contribution in [0.4, 0.5) is 10.8 Å². The summed E-state index contributed by atoms with van der Waals surface area (Å²) in [5.41, 5.74) is 10.2. The fraction of sp³-hybridized carbons (Fsp3) is 0.594. The van der Waals surface area contributed by atoms with Crippen molar-refractivity contribution in [1.29, 1.82) is 5.26 Å². The standard InChI is InChI=1S/C32H39N9O2S/c1-18(23-7-5-12-39(23)2)41-31-22(15-35-41)30(40-13-9-19(16-40)17-42)36-29(37-31)26-20-6-3-10-32(27(20)43-38-26)11-4-8-24-25(32)21(14-33)28(34)44-24/h15,18-19,23,42H,3-13,16-17,34H2,1-2H3/t18-,19+,23-,32-/m0/s1. The maximum Gasteiger partial charge on any atom is 0.186 e. The molecule has 0 amide bonds. The monoisotopic (exact) mass is 613 g/mol. The number of aromatic nitrogens is 5. The molecular formula is C32H39N9O2S. The number of nitriles is 1. The number of likely N-dealkylation sites (N-methyl/N-ethyl adjacent to an activating group) is 1. The number of thiophene rings is 1. The number of nitrogens with zero attached hydrogens (tertiary/aromatic N) is 8. The van der Waals surface area contributed by atoms with E-state index in [4.69, 9.17) is 30.5 Å². The molecule has 1 spiro atoms. The topological polar surface area (TPSA) is 146 Å². The summed E-state index contributed by atoms with van der Waals surface area (Å²) in [4.78, 5) is 16.3. The lowest BCUT2D eigenvalue weighted by molar-refractivity contribution is 0.232. The molecule has 44 heavy (non-hydrogen) atoms. The summed E-state index contributed by atoms with van der Waals surface area (Å²) >= 11 is 1.55. The van der Waals surface area contributed by atoms with E-state index >= 15 is 0 Å². The van der Waals surface area contributed by atoms with Gasteiger partial charge in [0.05, 0.1) is 28.6 Å². The molecule has 230 valence electrons. The van der Waals surface area contributed by atoms with Gasteiger partial charge in [-0.1, -0.05) is 5.16 Å². The minimum absolute atomic E-state index is 0.142. The first-order valence-corrected chi connectivity index (χ1v) is 16.9. The molecule has 3 N–H and O–H groups in total. The Morgan fingerprint density at radius 1 is 1.20 bits per heavy atom. The number of rotatable bonds is 5. The minimum Gasteiger partial charge on any atom is -0.396 e. The average molecular weight is 614 g/mol. The van der Waals surface area contributed by atoms with E-state index in [1.54, 1.807) is 11.3 Å². The third-order valence-electron chi connectivity index (χ3n) is 10.9. The van der Waals surface area contributed by atoms with Crippen LogP contribution in [0, 0.1) is 17.2 Å². The average Bonchev–Trinajstić information content (AvgIpc) is 3.86. The summed E-state index contributed by atoms with van der Waals surface area (Å²) in [6.07, 6.45) is 10.7. The summed E-state index contributed by atoms with van der Waals surface area (Å²) < 4.78 is 8.39. The van der Waals surface area contributed by atoms with Gasteiger partial charge >= 0.3 is 0 Å². The molecule has 0 bridgehead atoms. The van der Waals surface area contributed by atoms with Crippen molar-refractivity contribution in [2.45, 2.75) is 82.2 Å². The Kier molecular flexibility index (Phi) is 6.70. The molecular weight excluding hydrogens is 574 g/mol. The van der Waals surface area contributed by atoms with Crippen molar-refractivity contribution < 1.29 is 9.63 Å². The molecule has 0 radical (unpaired) electrons. The van der Waals surface area contributed by atoms with E-state index in [9.17, 15) is 10.4 Å². The third kappa shape index (κ3) is 4.05. The molecule has 12 heteroatoms. The van der Waals surface area contributed by atoms with Crippen LogP contribution < -0.4 is 10.6 Å². The van der Waals surface area contributed by atoms with Gasteiger partial charge in [-0.05, 0) is 83.9 Å². The maximum atomic E-state index is 10.1. The first kappa shape index (κ1) is 28.0. The van der Waals surface area contributed by atoms with E-state index in [0.717, 1.165) is 105 Å². The lowest BCUT2D eigenvalue weighted by Crippen LogP contribution is -2.35. The Balaban J connectivity index is 1.29. The summed E-state index contributed by atoms with van der Waals surface area (Å²) in [6.45, 7) is 5.06. The fourth-order valence-electron chi connectivity index (χ4n) is 8.66. The predicted octanol–water partition coefficient (Wildman–Crippen LogP) is 4.43. The number of fused-ring (bicyclic) bond motifs is 5. The molecule has 4 aliphatic rings. The molecule has 4 aromatic rings. The number of aryl methyl sites for hydroxylation is 1. The second kappa shape index (κ2) is 10.5. The van der Waals surface area contributed by atoms with Crippen molar-refractivity contribution in [3.05, 3.63) is 33.5 Å². The van der Waals surface area contributed by atoms with Gasteiger partial charge in [0.2, 0.25) is 0 Å². The van der Waals surface area contributed by atoms with Crippen molar-refractivity contribution in [2.75, 3.05) is 43.9 Å². The number of hydrogen-bond donors (Lipinski definition) is 2. The minimum atomic E-state index is -0.398. The number of nitrogens with two attached hydrogens (primary N) is 1. The van der Waals surface area contributed by atoms with Crippen LogP contribution in [0.3, 0.4) is 0 Å². The largest absolute Gasteiger partial charge is 0.396 e. The van der Waals surface area contributed by atoms with Crippen LogP contribution in [-0.4, -0.2) is 74.2 Å². The van der Waals surface area contributed by atoms with Crippen LogP contribution in [0.1, 0.15) is 85.2 Å². The van der Waals surface area contributed by atoms with Crippen LogP contribution in [0.5, 0.6) is 0 Å². The Bertz CT molecular complexity index is 1780. The zero-order valence-electron chi connectivity index (χ0n) is 25.4. The molecule has 2 fully saturated rings. The van der Waals surface area contributed by atoms with Gasteiger partial charge in [0, 0.05) is 42.1 Å². The van der Waals surface area contributed by atoms with E-state index in [1.807, 2.05) is 6.20 Å². The van der Waals surface area contributed by atoms with E-state index < -0.39 is 5.41 Å². The highest BCUT2D eigenvalue weighted by molar-refractivity contribution is 7.16. The highest BCUT2D eigenvalue weighted by atomic mass is 32.1. The summed E-state index contributed by atoms with van der Waals surface area (Å²) in [5.74, 6) is 2.48. The van der Waals surface area contributed by atoms with Crippen LogP contribution in [0.25, 0.3) is 22.6 Å². The zero-order valence-corrected chi connectivity index (χ0v) is 26.2. The smallest absolute Gasteiger partial charge is 0.186 e. The molecule has 2 aliphatic carbocycles. The van der Waals surface area contributed by atoms with Crippen LogP contribution in [0.15, 0.2) is 10.7 Å². The Labute approximate surface area is 260 Å². The molecule has 8 rings (SSSR count). The van der Waals surface area contributed by atoms with Crippen molar-refractivity contribution in [2.24, 2.45) is 5.92 Å². The molecule has 2 aliphatic heterocycles. The lowest BCUT2D eigenvalue weighted by Gasteiger charge is -2.39. The number of aliphatic hydroxyl groups excluding tert-OH is 1. The van der Waals surface area contributed by atoms with Crippen molar-refractivity contribution in [1.82, 2.24) is 29.8 Å². The van der Waals surface area contributed by atoms with Gasteiger partial charge in [0.25, 0.3) is 0 Å². The van der Waals surface area contributed by atoms with Gasteiger partial charge in [-0.2, -0.15) is 10.4 Å². The van der Waals surface area contributed by atoms with E-state index in [-0.39, 0.29) is 18.6 Å².